The van der Waals surface area contributed by atoms with Gasteiger partial charge in [0.2, 0.25) is 11.8 Å². The van der Waals surface area contributed by atoms with Gasteiger partial charge in [0.25, 0.3) is 0 Å². The second kappa shape index (κ2) is 8.38. The summed E-state index contributed by atoms with van der Waals surface area (Å²) in [5, 5.41) is 3.17. The smallest absolute Gasteiger partial charge is 0.237 e. The number of nitrogens with one attached hydrogen (secondary N) is 1. The lowest BCUT2D eigenvalue weighted by molar-refractivity contribution is -0.138. The first-order valence-corrected chi connectivity index (χ1v) is 9.89. The van der Waals surface area contributed by atoms with Gasteiger partial charge in [-0.15, -0.1) is 0 Å². The van der Waals surface area contributed by atoms with Crippen LogP contribution in [0, 0.1) is 5.82 Å². The molecule has 2 amide bonds. The van der Waals surface area contributed by atoms with E-state index in [0.717, 1.165) is 30.2 Å². The minimum atomic E-state index is -0.517. The summed E-state index contributed by atoms with van der Waals surface area (Å²) in [4.78, 5) is 28.7. The van der Waals surface area contributed by atoms with Crippen molar-refractivity contribution in [1.29, 1.82) is 0 Å². The summed E-state index contributed by atoms with van der Waals surface area (Å²) in [6, 6.07) is 3.74. The highest BCUT2D eigenvalue weighted by Gasteiger charge is 2.33. The van der Waals surface area contributed by atoms with Crippen molar-refractivity contribution < 1.29 is 14.0 Å². The molecular formula is C17H21ClFN3O2S. The Kier molecular flexibility index (Phi) is 6.19. The standard InChI is InChI=1S/C17H21ClFN3O2S/c18-14-9-13(19)2-1-12(14)11-22-4-3-20-17(24)15(22)10-16(23)21-5-7-25-8-6-21/h1-2,9,15H,3-8,10-11H2,(H,20,24). The maximum atomic E-state index is 13.2. The van der Waals surface area contributed by atoms with Gasteiger partial charge in [-0.1, -0.05) is 17.7 Å². The van der Waals surface area contributed by atoms with Crippen molar-refractivity contribution in [3.05, 3.63) is 34.6 Å². The maximum Gasteiger partial charge on any atom is 0.237 e. The molecule has 136 valence electrons. The number of halogens is 2. The quantitative estimate of drug-likeness (QED) is 0.857. The Labute approximate surface area is 155 Å². The first-order chi connectivity index (χ1) is 12.0. The molecule has 3 rings (SSSR count). The lowest BCUT2D eigenvalue weighted by Gasteiger charge is -2.36. The zero-order valence-electron chi connectivity index (χ0n) is 13.8. The van der Waals surface area contributed by atoms with Gasteiger partial charge in [0.05, 0.1) is 12.5 Å². The zero-order chi connectivity index (χ0) is 17.8. The number of thioether (sulfide) groups is 1. The molecule has 8 heteroatoms. The molecule has 0 saturated carbocycles. The van der Waals surface area contributed by atoms with Gasteiger partial charge in [-0.25, -0.2) is 4.39 Å². The van der Waals surface area contributed by atoms with Crippen LogP contribution in [0.15, 0.2) is 18.2 Å². The molecule has 0 aromatic heterocycles. The predicted molar refractivity (Wildman–Crippen MR) is 97.1 cm³/mol. The molecule has 5 nitrogen and oxygen atoms in total. The summed E-state index contributed by atoms with van der Waals surface area (Å²) in [5.41, 5.74) is 0.754. The van der Waals surface area contributed by atoms with Crippen LogP contribution in [0.3, 0.4) is 0 Å². The fourth-order valence-corrected chi connectivity index (χ4v) is 4.28. The average Bonchev–Trinajstić information content (AvgIpc) is 2.61. The SMILES string of the molecule is O=C1NCCN(Cc2ccc(F)cc2Cl)C1CC(=O)N1CCSCC1. The molecule has 1 aromatic carbocycles. The number of hydrogen-bond donors (Lipinski definition) is 1. The zero-order valence-corrected chi connectivity index (χ0v) is 15.4. The largest absolute Gasteiger partial charge is 0.353 e. The summed E-state index contributed by atoms with van der Waals surface area (Å²) in [6.45, 7) is 3.06. The van der Waals surface area contributed by atoms with E-state index in [1.165, 1.54) is 12.1 Å². The Morgan fingerprint density at radius 1 is 1.32 bits per heavy atom. The van der Waals surface area contributed by atoms with Crippen LogP contribution in [0.4, 0.5) is 4.39 Å². The highest BCUT2D eigenvalue weighted by Crippen LogP contribution is 2.22. The van der Waals surface area contributed by atoms with Crippen molar-refractivity contribution in [1.82, 2.24) is 15.1 Å². The molecular weight excluding hydrogens is 365 g/mol. The summed E-state index contributed by atoms with van der Waals surface area (Å²) >= 11 is 7.95. The van der Waals surface area contributed by atoms with E-state index in [9.17, 15) is 14.0 Å². The van der Waals surface area contributed by atoms with E-state index in [1.54, 1.807) is 6.07 Å². The Morgan fingerprint density at radius 3 is 2.80 bits per heavy atom. The fourth-order valence-electron chi connectivity index (χ4n) is 3.15. The number of nitrogens with zero attached hydrogens (tertiary/aromatic N) is 2. The van der Waals surface area contributed by atoms with Crippen LogP contribution in [0.5, 0.6) is 0 Å². The number of carbonyl (C=O) groups excluding carboxylic acids is 2. The molecule has 0 bridgehead atoms. The Balaban J connectivity index is 1.70. The Bertz CT molecular complexity index is 655. The van der Waals surface area contributed by atoms with Crippen molar-refractivity contribution in [3.63, 3.8) is 0 Å². The van der Waals surface area contributed by atoms with Crippen LogP contribution in [0.2, 0.25) is 5.02 Å². The van der Waals surface area contributed by atoms with Gasteiger partial charge in [-0.05, 0) is 17.7 Å². The molecule has 1 aromatic rings. The van der Waals surface area contributed by atoms with Crippen LogP contribution in [-0.2, 0) is 16.1 Å². The van der Waals surface area contributed by atoms with Crippen molar-refractivity contribution in [2.45, 2.75) is 19.0 Å². The lowest BCUT2D eigenvalue weighted by Crippen LogP contribution is -2.56. The van der Waals surface area contributed by atoms with Crippen LogP contribution in [0.1, 0.15) is 12.0 Å². The molecule has 0 radical (unpaired) electrons. The van der Waals surface area contributed by atoms with Crippen LogP contribution < -0.4 is 5.32 Å². The molecule has 1 N–H and O–H groups in total. The van der Waals surface area contributed by atoms with E-state index >= 15 is 0 Å². The summed E-state index contributed by atoms with van der Waals surface area (Å²) in [6.07, 6.45) is 0.162. The second-order valence-electron chi connectivity index (χ2n) is 6.21. The van der Waals surface area contributed by atoms with E-state index in [2.05, 4.69) is 5.32 Å². The first-order valence-electron chi connectivity index (χ1n) is 8.36. The van der Waals surface area contributed by atoms with E-state index in [1.807, 2.05) is 21.6 Å². The third-order valence-electron chi connectivity index (χ3n) is 4.56. The van der Waals surface area contributed by atoms with Crippen LogP contribution in [-0.4, -0.2) is 65.3 Å². The van der Waals surface area contributed by atoms with E-state index in [-0.39, 0.29) is 24.1 Å². The van der Waals surface area contributed by atoms with E-state index < -0.39 is 6.04 Å². The summed E-state index contributed by atoms with van der Waals surface area (Å²) in [7, 11) is 0. The molecule has 2 aliphatic rings. The van der Waals surface area contributed by atoms with Gasteiger partial charge >= 0.3 is 0 Å². The third-order valence-corrected chi connectivity index (χ3v) is 5.86. The molecule has 2 aliphatic heterocycles. The first kappa shape index (κ1) is 18.5. The fraction of sp³-hybridized carbons (Fsp3) is 0.529. The van der Waals surface area contributed by atoms with Gasteiger partial charge < -0.3 is 10.2 Å². The minimum absolute atomic E-state index is 0.0116. The molecule has 1 unspecified atom stereocenters. The van der Waals surface area contributed by atoms with Crippen molar-refractivity contribution >= 4 is 35.2 Å². The normalized spacial score (nSPS) is 21.9. The number of piperazine rings is 1. The van der Waals surface area contributed by atoms with Crippen molar-refractivity contribution in [2.75, 3.05) is 37.7 Å². The molecule has 2 heterocycles. The van der Waals surface area contributed by atoms with Gasteiger partial charge in [0, 0.05) is 49.3 Å². The predicted octanol–water partition coefficient (Wildman–Crippen LogP) is 1.74. The Morgan fingerprint density at radius 2 is 2.08 bits per heavy atom. The van der Waals surface area contributed by atoms with Gasteiger partial charge in [0.1, 0.15) is 5.82 Å². The number of hydrogen-bond acceptors (Lipinski definition) is 4. The van der Waals surface area contributed by atoms with Crippen LogP contribution in [0.25, 0.3) is 0 Å². The summed E-state index contributed by atoms with van der Waals surface area (Å²) < 4.78 is 13.2. The highest BCUT2D eigenvalue weighted by molar-refractivity contribution is 7.99. The van der Waals surface area contributed by atoms with Crippen molar-refractivity contribution in [2.24, 2.45) is 0 Å². The molecule has 2 saturated heterocycles. The molecule has 0 aliphatic carbocycles. The molecule has 1 atom stereocenters. The van der Waals surface area contributed by atoms with E-state index in [4.69, 9.17) is 11.6 Å². The maximum absolute atomic E-state index is 13.2. The van der Waals surface area contributed by atoms with Crippen molar-refractivity contribution in [3.8, 4) is 0 Å². The Hall–Kier alpha value is -1.31. The topological polar surface area (TPSA) is 52.7 Å². The second-order valence-corrected chi connectivity index (χ2v) is 7.84. The average molecular weight is 386 g/mol. The summed E-state index contributed by atoms with van der Waals surface area (Å²) in [5.74, 6) is 1.37. The number of amides is 2. The van der Waals surface area contributed by atoms with Gasteiger partial charge in [0.15, 0.2) is 0 Å². The third kappa shape index (κ3) is 4.65. The van der Waals surface area contributed by atoms with Crippen LogP contribution >= 0.6 is 23.4 Å². The lowest BCUT2D eigenvalue weighted by atomic mass is 10.1. The number of carbonyl (C=O) groups is 2. The molecule has 25 heavy (non-hydrogen) atoms. The highest BCUT2D eigenvalue weighted by atomic mass is 35.5. The van der Waals surface area contributed by atoms with Gasteiger partial charge in [-0.2, -0.15) is 11.8 Å². The van der Waals surface area contributed by atoms with E-state index in [0.29, 0.717) is 24.7 Å². The number of rotatable bonds is 4. The minimum Gasteiger partial charge on any atom is -0.353 e. The monoisotopic (exact) mass is 385 g/mol. The molecule has 0 spiro atoms. The molecule has 2 fully saturated rings. The number of benzene rings is 1. The van der Waals surface area contributed by atoms with Gasteiger partial charge in [-0.3, -0.25) is 14.5 Å².